The van der Waals surface area contributed by atoms with E-state index in [1.807, 2.05) is 0 Å². The van der Waals surface area contributed by atoms with Gasteiger partial charge in [0, 0.05) is 19.3 Å². The molecule has 1 aromatic carbocycles. The molecule has 0 unspecified atom stereocenters. The van der Waals surface area contributed by atoms with Crippen LogP contribution in [-0.2, 0) is 21.4 Å². The van der Waals surface area contributed by atoms with Crippen molar-refractivity contribution >= 4 is 8.80 Å². The van der Waals surface area contributed by atoms with Gasteiger partial charge in [-0.3, -0.25) is 0 Å². The Morgan fingerprint density at radius 1 is 1.09 bits per heavy atom. The predicted octanol–water partition coefficient (Wildman–Crippen LogP) is 4.03. The Morgan fingerprint density at radius 3 is 2.27 bits per heavy atom. The molecule has 0 aliphatic rings. The first-order valence-electron chi connectivity index (χ1n) is 7.47. The Kier molecular flexibility index (Phi) is 7.54. The predicted molar refractivity (Wildman–Crippen MR) is 80.4 cm³/mol. The number of hydrogen-bond donors (Lipinski definition) is 1. The van der Waals surface area contributed by atoms with Crippen molar-refractivity contribution in [1.82, 2.24) is 0 Å². The largest absolute Gasteiger partial charge is 0.498 e. The Bertz CT molecular complexity index is 446. The molecule has 1 N–H and O–H groups in total. The molecule has 0 saturated heterocycles. The summed E-state index contributed by atoms with van der Waals surface area (Å²) in [7, 11) is -3.11. The molecule has 1 aromatic rings. The van der Waals surface area contributed by atoms with E-state index in [2.05, 4.69) is 0 Å². The van der Waals surface area contributed by atoms with Crippen LogP contribution in [0.15, 0.2) is 24.3 Å². The van der Waals surface area contributed by atoms with E-state index in [1.54, 1.807) is 19.9 Å². The van der Waals surface area contributed by atoms with E-state index in [4.69, 9.17) is 8.85 Å². The Balaban J connectivity index is 2.47. The van der Waals surface area contributed by atoms with Crippen LogP contribution in [0.1, 0.15) is 37.8 Å². The highest BCUT2D eigenvalue weighted by Gasteiger charge is 2.35. The molecule has 0 bridgehead atoms. The van der Waals surface area contributed by atoms with Gasteiger partial charge in [0.2, 0.25) is 0 Å². The highest BCUT2D eigenvalue weighted by atomic mass is 28.4. The number of aryl methyl sites for hydroxylation is 1. The Labute approximate surface area is 130 Å². The van der Waals surface area contributed by atoms with Crippen LogP contribution in [0.4, 0.5) is 13.2 Å². The standard InChI is InChI=1S/C15H23F3O3Si/c1-3-20-22(19,21-4-2)11-6-5-8-13-9-7-10-14(12-13)15(16,17)18/h7,9-10,12,19H,3-6,8,11H2,1-2H3. The minimum atomic E-state index is -4.31. The third-order valence-electron chi connectivity index (χ3n) is 3.20. The zero-order chi connectivity index (χ0) is 16.6. The lowest BCUT2D eigenvalue weighted by Gasteiger charge is -2.22. The SMILES string of the molecule is CCO[Si](O)(CCCCc1cccc(C(F)(F)F)c1)OCC. The van der Waals surface area contributed by atoms with Gasteiger partial charge in [-0.1, -0.05) is 18.2 Å². The lowest BCUT2D eigenvalue weighted by atomic mass is 10.1. The van der Waals surface area contributed by atoms with Gasteiger partial charge in [-0.25, -0.2) is 0 Å². The molecule has 0 spiro atoms. The zero-order valence-electron chi connectivity index (χ0n) is 12.9. The highest BCUT2D eigenvalue weighted by molar-refractivity contribution is 6.59. The molecule has 0 heterocycles. The molecule has 0 aliphatic carbocycles. The summed E-state index contributed by atoms with van der Waals surface area (Å²) in [6.45, 7) is 4.35. The summed E-state index contributed by atoms with van der Waals surface area (Å²) >= 11 is 0. The first kappa shape index (κ1) is 19.2. The molecule has 0 aromatic heterocycles. The Hall–Kier alpha value is -0.893. The molecule has 22 heavy (non-hydrogen) atoms. The van der Waals surface area contributed by atoms with Crippen molar-refractivity contribution in [3.8, 4) is 0 Å². The van der Waals surface area contributed by atoms with Gasteiger partial charge in [0.25, 0.3) is 0 Å². The van der Waals surface area contributed by atoms with Crippen molar-refractivity contribution in [2.75, 3.05) is 13.2 Å². The van der Waals surface area contributed by atoms with Crippen molar-refractivity contribution < 1.29 is 26.8 Å². The third kappa shape index (κ3) is 6.47. The molecule has 0 radical (unpaired) electrons. The van der Waals surface area contributed by atoms with Crippen LogP contribution in [0.2, 0.25) is 6.04 Å². The molecule has 3 nitrogen and oxygen atoms in total. The van der Waals surface area contributed by atoms with Crippen LogP contribution in [0.5, 0.6) is 0 Å². The fourth-order valence-corrected chi connectivity index (χ4v) is 4.19. The summed E-state index contributed by atoms with van der Waals surface area (Å²) in [5.41, 5.74) is 0.0207. The highest BCUT2D eigenvalue weighted by Crippen LogP contribution is 2.29. The van der Waals surface area contributed by atoms with Gasteiger partial charge in [0.15, 0.2) is 0 Å². The normalized spacial score (nSPS) is 12.6. The maximum atomic E-state index is 12.6. The summed E-state index contributed by atoms with van der Waals surface area (Å²) in [5, 5.41) is 0. The number of alkyl halides is 3. The molecule has 0 fully saturated rings. The molecule has 7 heteroatoms. The summed E-state index contributed by atoms with van der Waals surface area (Å²) in [4.78, 5) is 10.2. The lowest BCUT2D eigenvalue weighted by molar-refractivity contribution is -0.137. The second kappa shape index (κ2) is 8.66. The van der Waals surface area contributed by atoms with Gasteiger partial charge in [-0.15, -0.1) is 0 Å². The maximum absolute atomic E-state index is 12.6. The molecule has 0 amide bonds. The van der Waals surface area contributed by atoms with Gasteiger partial charge in [-0.2, -0.15) is 13.2 Å². The topological polar surface area (TPSA) is 38.7 Å². The average molecular weight is 336 g/mol. The average Bonchev–Trinajstić information content (AvgIpc) is 2.44. The van der Waals surface area contributed by atoms with E-state index in [-0.39, 0.29) is 0 Å². The summed E-state index contributed by atoms with van der Waals surface area (Å²) in [6.07, 6.45) is -2.45. The van der Waals surface area contributed by atoms with Gasteiger partial charge in [0.05, 0.1) is 5.56 Å². The quantitative estimate of drug-likeness (QED) is 0.546. The summed E-state index contributed by atoms with van der Waals surface area (Å²) in [5.74, 6) is 0. The van der Waals surface area contributed by atoms with Crippen molar-refractivity contribution in [2.45, 2.75) is 45.3 Å². The van der Waals surface area contributed by atoms with Crippen LogP contribution in [0.3, 0.4) is 0 Å². The number of benzene rings is 1. The first-order chi connectivity index (χ1) is 10.3. The second-order valence-electron chi connectivity index (χ2n) is 4.98. The zero-order valence-corrected chi connectivity index (χ0v) is 13.9. The molecule has 0 aliphatic heterocycles. The van der Waals surface area contributed by atoms with E-state index in [9.17, 15) is 18.0 Å². The van der Waals surface area contributed by atoms with Gasteiger partial charge in [0.1, 0.15) is 0 Å². The van der Waals surface area contributed by atoms with Crippen LogP contribution in [-0.4, -0.2) is 26.8 Å². The summed E-state index contributed by atoms with van der Waals surface area (Å²) in [6, 6.07) is 5.77. The third-order valence-corrected chi connectivity index (χ3v) is 5.67. The van der Waals surface area contributed by atoms with E-state index < -0.39 is 20.5 Å². The van der Waals surface area contributed by atoms with E-state index in [0.29, 0.717) is 44.1 Å². The number of halogens is 3. The van der Waals surface area contributed by atoms with Gasteiger partial charge >= 0.3 is 15.0 Å². The monoisotopic (exact) mass is 336 g/mol. The van der Waals surface area contributed by atoms with Gasteiger partial charge in [-0.05, 0) is 44.7 Å². The van der Waals surface area contributed by atoms with Crippen molar-refractivity contribution in [3.63, 3.8) is 0 Å². The lowest BCUT2D eigenvalue weighted by Crippen LogP contribution is -2.42. The first-order valence-corrected chi connectivity index (χ1v) is 9.44. The van der Waals surface area contributed by atoms with Crippen LogP contribution in [0, 0.1) is 0 Å². The molecular weight excluding hydrogens is 313 g/mol. The molecule has 0 saturated carbocycles. The minimum Gasteiger partial charge on any atom is -0.390 e. The summed E-state index contributed by atoms with van der Waals surface area (Å²) < 4.78 is 48.5. The van der Waals surface area contributed by atoms with E-state index >= 15 is 0 Å². The number of rotatable bonds is 9. The van der Waals surface area contributed by atoms with Crippen molar-refractivity contribution in [1.29, 1.82) is 0 Å². The van der Waals surface area contributed by atoms with Crippen LogP contribution < -0.4 is 0 Å². The smallest absolute Gasteiger partial charge is 0.390 e. The molecular formula is C15H23F3O3Si. The Morgan fingerprint density at radius 2 is 1.73 bits per heavy atom. The fourth-order valence-electron chi connectivity index (χ4n) is 2.22. The number of hydrogen-bond acceptors (Lipinski definition) is 3. The van der Waals surface area contributed by atoms with Gasteiger partial charge < -0.3 is 13.6 Å². The maximum Gasteiger partial charge on any atom is 0.498 e. The van der Waals surface area contributed by atoms with E-state index in [0.717, 1.165) is 6.07 Å². The van der Waals surface area contributed by atoms with Crippen LogP contribution >= 0.6 is 0 Å². The van der Waals surface area contributed by atoms with Crippen molar-refractivity contribution in [2.24, 2.45) is 0 Å². The van der Waals surface area contributed by atoms with E-state index in [1.165, 1.54) is 12.1 Å². The second-order valence-corrected chi connectivity index (χ2v) is 7.49. The molecule has 126 valence electrons. The van der Waals surface area contributed by atoms with Crippen molar-refractivity contribution in [3.05, 3.63) is 35.4 Å². The molecule has 0 atom stereocenters. The van der Waals surface area contributed by atoms with Crippen LogP contribution in [0.25, 0.3) is 0 Å². The minimum absolute atomic E-state index is 0.385. The molecule has 1 rings (SSSR count). The fraction of sp³-hybridized carbons (Fsp3) is 0.600. The number of unbranched alkanes of at least 4 members (excludes halogenated alkanes) is 1.